The van der Waals surface area contributed by atoms with E-state index in [0.29, 0.717) is 10.0 Å². The number of carbonyl (C=O) groups is 1. The quantitative estimate of drug-likeness (QED) is 0.285. The lowest BCUT2D eigenvalue weighted by molar-refractivity contribution is -0.385. The molecule has 0 radical (unpaired) electrons. The number of ether oxygens (including phenoxy) is 1. The first kappa shape index (κ1) is 19.2. The highest BCUT2D eigenvalue weighted by Gasteiger charge is 2.21. The molecule has 27 heavy (non-hydrogen) atoms. The van der Waals surface area contributed by atoms with Gasteiger partial charge in [-0.15, -0.1) is 0 Å². The number of rotatable bonds is 5. The Labute approximate surface area is 168 Å². The van der Waals surface area contributed by atoms with Crippen LogP contribution in [-0.2, 0) is 0 Å². The highest BCUT2D eigenvalue weighted by atomic mass is 35.5. The summed E-state index contributed by atoms with van der Waals surface area (Å²) in [6.07, 6.45) is 1.56. The summed E-state index contributed by atoms with van der Waals surface area (Å²) < 4.78 is 5.55. The molecule has 0 aliphatic heterocycles. The van der Waals surface area contributed by atoms with E-state index in [-0.39, 0.29) is 32.9 Å². The molecule has 0 aliphatic rings. The molecular formula is C18H10Cl2N2O4S. The van der Waals surface area contributed by atoms with Gasteiger partial charge in [0, 0.05) is 22.8 Å². The Bertz CT molecular complexity index is 1020. The van der Waals surface area contributed by atoms with Gasteiger partial charge in [0.15, 0.2) is 0 Å². The zero-order valence-corrected chi connectivity index (χ0v) is 15.8. The summed E-state index contributed by atoms with van der Waals surface area (Å²) in [5, 5.41) is 12.2. The smallest absolute Gasteiger partial charge is 0.312 e. The van der Waals surface area contributed by atoms with E-state index in [1.807, 2.05) is 0 Å². The fourth-order valence-electron chi connectivity index (χ4n) is 2.11. The van der Waals surface area contributed by atoms with Crippen molar-refractivity contribution in [1.82, 2.24) is 4.98 Å². The van der Waals surface area contributed by atoms with Crippen molar-refractivity contribution >= 4 is 45.8 Å². The normalized spacial score (nSPS) is 10.4. The van der Waals surface area contributed by atoms with E-state index in [9.17, 15) is 14.9 Å². The van der Waals surface area contributed by atoms with Crippen LogP contribution in [0, 0.1) is 10.1 Å². The van der Waals surface area contributed by atoms with Crippen LogP contribution < -0.4 is 4.74 Å². The molecule has 1 heterocycles. The van der Waals surface area contributed by atoms with Crippen LogP contribution in [-0.4, -0.2) is 15.0 Å². The number of nitro benzene ring substituents is 1. The molecule has 0 atom stereocenters. The van der Waals surface area contributed by atoms with E-state index in [1.165, 1.54) is 24.3 Å². The molecule has 0 bridgehead atoms. The highest BCUT2D eigenvalue weighted by Crippen LogP contribution is 2.37. The van der Waals surface area contributed by atoms with E-state index < -0.39 is 4.92 Å². The summed E-state index contributed by atoms with van der Waals surface area (Å²) in [6, 6.07) is 13.6. The molecule has 6 nitrogen and oxygen atoms in total. The maximum absolute atomic E-state index is 12.4. The fourth-order valence-corrected chi connectivity index (χ4v) is 3.25. The van der Waals surface area contributed by atoms with Gasteiger partial charge >= 0.3 is 5.69 Å². The maximum Gasteiger partial charge on any atom is 0.312 e. The Kier molecular flexibility index (Phi) is 5.95. The van der Waals surface area contributed by atoms with Gasteiger partial charge in [0.25, 0.3) is 0 Å². The van der Waals surface area contributed by atoms with Crippen LogP contribution in [0.2, 0.25) is 10.0 Å². The Morgan fingerprint density at radius 3 is 2.52 bits per heavy atom. The van der Waals surface area contributed by atoms with Crippen molar-refractivity contribution < 1.29 is 14.5 Å². The molecule has 1 aromatic heterocycles. The predicted molar refractivity (Wildman–Crippen MR) is 104 cm³/mol. The number of pyridine rings is 1. The van der Waals surface area contributed by atoms with Crippen LogP contribution >= 0.6 is 35.0 Å². The lowest BCUT2D eigenvalue weighted by Gasteiger charge is -2.09. The van der Waals surface area contributed by atoms with Gasteiger partial charge in [-0.3, -0.25) is 14.9 Å². The predicted octanol–water partition coefficient (Wildman–Crippen LogP) is 6.02. The molecule has 9 heteroatoms. The molecule has 0 fully saturated rings. The van der Waals surface area contributed by atoms with Gasteiger partial charge in [-0.1, -0.05) is 29.3 Å². The second-order valence-electron chi connectivity index (χ2n) is 5.17. The van der Waals surface area contributed by atoms with Crippen molar-refractivity contribution in [2.75, 3.05) is 0 Å². The number of hydrogen-bond acceptors (Lipinski definition) is 6. The Morgan fingerprint density at radius 1 is 1.07 bits per heavy atom. The molecule has 2 aromatic carbocycles. The van der Waals surface area contributed by atoms with E-state index in [4.69, 9.17) is 27.9 Å². The summed E-state index contributed by atoms with van der Waals surface area (Å²) in [6.45, 7) is 0. The first-order chi connectivity index (χ1) is 12.9. The van der Waals surface area contributed by atoms with Crippen LogP contribution in [0.4, 0.5) is 5.69 Å². The minimum absolute atomic E-state index is 0.0383. The van der Waals surface area contributed by atoms with Crippen LogP contribution in [0.3, 0.4) is 0 Å². The van der Waals surface area contributed by atoms with E-state index >= 15 is 0 Å². The second-order valence-corrected chi connectivity index (χ2v) is 7.01. The van der Waals surface area contributed by atoms with Gasteiger partial charge in [-0.05, 0) is 54.2 Å². The van der Waals surface area contributed by atoms with Gasteiger partial charge in [-0.2, -0.15) is 0 Å². The van der Waals surface area contributed by atoms with E-state index in [2.05, 4.69) is 4.98 Å². The number of aromatic nitrogens is 1. The largest absolute Gasteiger partial charge is 0.449 e. The monoisotopic (exact) mass is 420 g/mol. The van der Waals surface area contributed by atoms with Crippen LogP contribution in [0.15, 0.2) is 65.8 Å². The van der Waals surface area contributed by atoms with Crippen LogP contribution in [0.1, 0.15) is 10.4 Å². The topological polar surface area (TPSA) is 82.3 Å². The van der Waals surface area contributed by atoms with Crippen molar-refractivity contribution in [3.63, 3.8) is 0 Å². The molecular weight excluding hydrogens is 411 g/mol. The third-order valence-electron chi connectivity index (χ3n) is 3.34. The molecule has 3 rings (SSSR count). The molecule has 136 valence electrons. The molecule has 0 amide bonds. The van der Waals surface area contributed by atoms with Crippen molar-refractivity contribution in [2.24, 2.45) is 0 Å². The van der Waals surface area contributed by atoms with Crippen molar-refractivity contribution in [2.45, 2.75) is 5.03 Å². The molecule has 3 aromatic rings. The Hall–Kier alpha value is -2.61. The van der Waals surface area contributed by atoms with Gasteiger partial charge in [-0.25, -0.2) is 4.98 Å². The highest BCUT2D eigenvalue weighted by molar-refractivity contribution is 8.14. The number of halogens is 2. The van der Waals surface area contributed by atoms with E-state index in [1.54, 1.807) is 30.5 Å². The molecule has 0 N–H and O–H groups in total. The van der Waals surface area contributed by atoms with E-state index in [0.717, 1.165) is 17.8 Å². The van der Waals surface area contributed by atoms with Gasteiger partial charge in [0.2, 0.25) is 10.9 Å². The van der Waals surface area contributed by atoms with Gasteiger partial charge < -0.3 is 4.74 Å². The molecule has 0 saturated carbocycles. The fraction of sp³-hybridized carbons (Fsp3) is 0. The van der Waals surface area contributed by atoms with Crippen LogP contribution in [0.5, 0.6) is 11.5 Å². The first-order valence-electron chi connectivity index (χ1n) is 7.48. The number of nitrogens with zero attached hydrogens (tertiary/aromatic N) is 2. The number of nitro groups is 1. The average molecular weight is 421 g/mol. The first-order valence-corrected chi connectivity index (χ1v) is 9.06. The third-order valence-corrected chi connectivity index (χ3v) is 4.74. The Morgan fingerprint density at radius 2 is 1.85 bits per heavy atom. The number of thioether (sulfide) groups is 1. The molecule has 0 unspecified atom stereocenters. The maximum atomic E-state index is 12.4. The number of carbonyl (C=O) groups excluding carboxylic acids is 1. The average Bonchev–Trinajstić information content (AvgIpc) is 2.65. The Balaban J connectivity index is 1.88. The summed E-state index contributed by atoms with van der Waals surface area (Å²) in [5.74, 6) is 0.176. The SMILES string of the molecule is O=C(Sc1ccccn1)c1ccc(Oc2ccc(Cl)cc2Cl)c([N+](=O)[O-])c1. The number of benzene rings is 2. The van der Waals surface area contributed by atoms with Gasteiger partial charge in [0.05, 0.1) is 9.95 Å². The molecule has 0 spiro atoms. The standard InChI is InChI=1S/C18H10Cl2N2O4S/c19-12-5-7-15(13(20)10-12)26-16-6-4-11(9-14(16)22(24)25)18(23)27-17-3-1-2-8-21-17/h1-10H. The van der Waals surface area contributed by atoms with Gasteiger partial charge in [0.1, 0.15) is 10.8 Å². The molecule has 0 saturated heterocycles. The third kappa shape index (κ3) is 4.77. The summed E-state index contributed by atoms with van der Waals surface area (Å²) in [4.78, 5) is 27.2. The zero-order valence-electron chi connectivity index (χ0n) is 13.5. The van der Waals surface area contributed by atoms with Crippen molar-refractivity contribution in [1.29, 1.82) is 0 Å². The minimum Gasteiger partial charge on any atom is -0.449 e. The zero-order chi connectivity index (χ0) is 19.4. The lowest BCUT2D eigenvalue weighted by Crippen LogP contribution is -1.99. The number of hydrogen-bond donors (Lipinski definition) is 0. The van der Waals surface area contributed by atoms with Crippen molar-refractivity contribution in [3.8, 4) is 11.5 Å². The van der Waals surface area contributed by atoms with Crippen LogP contribution in [0.25, 0.3) is 0 Å². The minimum atomic E-state index is -0.624. The molecule has 0 aliphatic carbocycles. The summed E-state index contributed by atoms with van der Waals surface area (Å²) in [7, 11) is 0. The lowest BCUT2D eigenvalue weighted by atomic mass is 10.2. The van der Waals surface area contributed by atoms with Crippen molar-refractivity contribution in [3.05, 3.63) is 86.5 Å². The summed E-state index contributed by atoms with van der Waals surface area (Å²) >= 11 is 12.8. The second kappa shape index (κ2) is 8.39. The summed E-state index contributed by atoms with van der Waals surface area (Å²) in [5.41, 5.74) is -0.194.